The van der Waals surface area contributed by atoms with Gasteiger partial charge in [0.15, 0.2) is 0 Å². The van der Waals surface area contributed by atoms with E-state index in [1.54, 1.807) is 36.5 Å². The summed E-state index contributed by atoms with van der Waals surface area (Å²) in [7, 11) is 0. The topological polar surface area (TPSA) is 91.8 Å². The maximum Gasteiger partial charge on any atom is 0.354 e. The van der Waals surface area contributed by atoms with Gasteiger partial charge in [0.25, 0.3) is 0 Å². The molecule has 1 aliphatic carbocycles. The first-order chi connectivity index (χ1) is 13.6. The fraction of sp³-hybridized carbons (Fsp3) is 0.273. The van der Waals surface area contributed by atoms with Crippen LogP contribution in [0.2, 0.25) is 0 Å². The summed E-state index contributed by atoms with van der Waals surface area (Å²) in [6.07, 6.45) is 8.90. The van der Waals surface area contributed by atoms with Crippen LogP contribution in [-0.2, 0) is 6.54 Å². The van der Waals surface area contributed by atoms with Gasteiger partial charge in [0.2, 0.25) is 0 Å². The SMILES string of the molecule is N#Cc1ccc(-c2nc(C(=O)O)ccc2-c2cnn(CC3CCCC3)c2)cc1. The van der Waals surface area contributed by atoms with E-state index in [1.165, 1.54) is 31.7 Å². The van der Waals surface area contributed by atoms with Crippen LogP contribution in [0.1, 0.15) is 41.7 Å². The second-order valence-corrected chi connectivity index (χ2v) is 7.19. The number of pyridine rings is 1. The first kappa shape index (κ1) is 17.9. The van der Waals surface area contributed by atoms with E-state index in [4.69, 9.17) is 5.26 Å². The Morgan fingerprint density at radius 2 is 1.89 bits per heavy atom. The van der Waals surface area contributed by atoms with E-state index in [0.717, 1.165) is 23.2 Å². The lowest BCUT2D eigenvalue weighted by Crippen LogP contribution is -2.07. The van der Waals surface area contributed by atoms with Crippen LogP contribution in [0.3, 0.4) is 0 Å². The standard InChI is InChI=1S/C22H20N4O2/c23-11-15-5-7-17(8-6-15)21-19(9-10-20(25-21)22(27)28)18-12-24-26(14-18)13-16-3-1-2-4-16/h5-10,12,14,16H,1-4,13H2,(H,27,28). The third-order valence-electron chi connectivity index (χ3n) is 5.27. The van der Waals surface area contributed by atoms with E-state index in [9.17, 15) is 9.90 Å². The van der Waals surface area contributed by atoms with Crippen LogP contribution in [0, 0.1) is 17.2 Å². The quantitative estimate of drug-likeness (QED) is 0.718. The highest BCUT2D eigenvalue weighted by Gasteiger charge is 2.18. The molecule has 6 nitrogen and oxygen atoms in total. The molecule has 2 aromatic heterocycles. The van der Waals surface area contributed by atoms with Crippen molar-refractivity contribution in [3.63, 3.8) is 0 Å². The molecule has 1 fully saturated rings. The summed E-state index contributed by atoms with van der Waals surface area (Å²) in [6, 6.07) is 12.4. The van der Waals surface area contributed by atoms with Gasteiger partial charge < -0.3 is 5.11 Å². The highest BCUT2D eigenvalue weighted by molar-refractivity contribution is 5.89. The number of nitrogens with zero attached hydrogens (tertiary/aromatic N) is 4. The molecule has 0 saturated heterocycles. The molecule has 0 atom stereocenters. The van der Waals surface area contributed by atoms with E-state index < -0.39 is 5.97 Å². The third kappa shape index (κ3) is 3.65. The van der Waals surface area contributed by atoms with Crippen molar-refractivity contribution < 1.29 is 9.90 Å². The Morgan fingerprint density at radius 1 is 1.14 bits per heavy atom. The molecule has 1 N–H and O–H groups in total. The predicted octanol–water partition coefficient (Wildman–Crippen LogP) is 4.37. The molecule has 3 aromatic rings. The molecule has 0 radical (unpaired) electrons. The molecule has 0 aliphatic heterocycles. The van der Waals surface area contributed by atoms with Crippen LogP contribution in [-0.4, -0.2) is 25.8 Å². The first-order valence-corrected chi connectivity index (χ1v) is 9.42. The maximum absolute atomic E-state index is 11.4. The zero-order chi connectivity index (χ0) is 19.5. The second kappa shape index (κ2) is 7.65. The summed E-state index contributed by atoms with van der Waals surface area (Å²) < 4.78 is 1.97. The lowest BCUT2D eigenvalue weighted by Gasteiger charge is -2.10. The summed E-state index contributed by atoms with van der Waals surface area (Å²) in [5.74, 6) is -0.392. The summed E-state index contributed by atoms with van der Waals surface area (Å²) in [5, 5.41) is 22.9. The summed E-state index contributed by atoms with van der Waals surface area (Å²) in [4.78, 5) is 15.8. The van der Waals surface area contributed by atoms with Crippen LogP contribution in [0.4, 0.5) is 0 Å². The minimum atomic E-state index is -1.07. The van der Waals surface area contributed by atoms with Gasteiger partial charge in [-0.2, -0.15) is 10.4 Å². The molecule has 0 spiro atoms. The van der Waals surface area contributed by atoms with E-state index in [1.807, 2.05) is 10.9 Å². The van der Waals surface area contributed by atoms with E-state index in [2.05, 4.69) is 16.2 Å². The zero-order valence-electron chi connectivity index (χ0n) is 15.4. The van der Waals surface area contributed by atoms with Gasteiger partial charge >= 0.3 is 5.97 Å². The molecule has 2 heterocycles. The maximum atomic E-state index is 11.4. The van der Waals surface area contributed by atoms with E-state index >= 15 is 0 Å². The Morgan fingerprint density at radius 3 is 2.57 bits per heavy atom. The van der Waals surface area contributed by atoms with Gasteiger partial charge in [0, 0.05) is 29.4 Å². The van der Waals surface area contributed by atoms with Crippen LogP contribution >= 0.6 is 0 Å². The van der Waals surface area contributed by atoms with Crippen LogP contribution in [0.15, 0.2) is 48.8 Å². The zero-order valence-corrected chi connectivity index (χ0v) is 15.4. The van der Waals surface area contributed by atoms with Crippen molar-refractivity contribution in [3.8, 4) is 28.5 Å². The highest BCUT2D eigenvalue weighted by Crippen LogP contribution is 2.32. The molecule has 1 aliphatic rings. The number of hydrogen-bond acceptors (Lipinski definition) is 4. The summed E-state index contributed by atoms with van der Waals surface area (Å²) >= 11 is 0. The third-order valence-corrected chi connectivity index (χ3v) is 5.27. The Labute approximate surface area is 163 Å². The number of rotatable bonds is 5. The average Bonchev–Trinajstić information content (AvgIpc) is 3.40. The number of hydrogen-bond donors (Lipinski definition) is 1. The van der Waals surface area contributed by atoms with Gasteiger partial charge in [0.1, 0.15) is 5.69 Å². The lowest BCUT2D eigenvalue weighted by molar-refractivity contribution is 0.0690. The number of aromatic nitrogens is 3. The van der Waals surface area contributed by atoms with Crippen molar-refractivity contribution in [2.45, 2.75) is 32.2 Å². The predicted molar refractivity (Wildman–Crippen MR) is 105 cm³/mol. The first-order valence-electron chi connectivity index (χ1n) is 9.42. The lowest BCUT2D eigenvalue weighted by atomic mass is 10.00. The Kier molecular flexibility index (Phi) is 4.90. The smallest absolute Gasteiger partial charge is 0.354 e. The van der Waals surface area contributed by atoms with E-state index in [0.29, 0.717) is 17.2 Å². The van der Waals surface area contributed by atoms with Crippen LogP contribution in [0.25, 0.3) is 22.4 Å². The monoisotopic (exact) mass is 372 g/mol. The summed E-state index contributed by atoms with van der Waals surface area (Å²) in [6.45, 7) is 0.910. The van der Waals surface area contributed by atoms with Gasteiger partial charge in [-0.1, -0.05) is 25.0 Å². The van der Waals surface area contributed by atoms with Crippen molar-refractivity contribution in [2.24, 2.45) is 5.92 Å². The Hall–Kier alpha value is -3.46. The molecule has 1 saturated carbocycles. The molecular weight excluding hydrogens is 352 g/mol. The minimum absolute atomic E-state index is 0.0125. The fourth-order valence-corrected chi connectivity index (χ4v) is 3.79. The van der Waals surface area contributed by atoms with Crippen LogP contribution in [0.5, 0.6) is 0 Å². The number of aromatic carboxylic acids is 1. The Balaban J connectivity index is 1.72. The van der Waals surface area contributed by atoms with Gasteiger partial charge in [-0.15, -0.1) is 0 Å². The minimum Gasteiger partial charge on any atom is -0.477 e. The van der Waals surface area contributed by atoms with Crippen molar-refractivity contribution in [1.82, 2.24) is 14.8 Å². The number of carboxylic acid groups (broad SMARTS) is 1. The average molecular weight is 372 g/mol. The number of benzene rings is 1. The molecule has 0 amide bonds. The largest absolute Gasteiger partial charge is 0.477 e. The number of carbonyl (C=O) groups is 1. The number of nitriles is 1. The van der Waals surface area contributed by atoms with Crippen molar-refractivity contribution in [2.75, 3.05) is 0 Å². The van der Waals surface area contributed by atoms with Gasteiger partial charge in [-0.05, 0) is 43.0 Å². The van der Waals surface area contributed by atoms with Gasteiger partial charge in [0.05, 0.1) is 23.5 Å². The van der Waals surface area contributed by atoms with Crippen LogP contribution < -0.4 is 0 Å². The molecular formula is C22H20N4O2. The van der Waals surface area contributed by atoms with Crippen molar-refractivity contribution in [3.05, 3.63) is 60.0 Å². The molecule has 28 heavy (non-hydrogen) atoms. The molecule has 140 valence electrons. The molecule has 6 heteroatoms. The fourth-order valence-electron chi connectivity index (χ4n) is 3.79. The molecule has 4 rings (SSSR count). The number of carboxylic acids is 1. The summed E-state index contributed by atoms with van der Waals surface area (Å²) in [5.41, 5.74) is 3.60. The highest BCUT2D eigenvalue weighted by atomic mass is 16.4. The van der Waals surface area contributed by atoms with E-state index in [-0.39, 0.29) is 5.69 Å². The van der Waals surface area contributed by atoms with Gasteiger partial charge in [-0.3, -0.25) is 4.68 Å². The molecule has 0 bridgehead atoms. The van der Waals surface area contributed by atoms with Crippen molar-refractivity contribution >= 4 is 5.97 Å². The Bertz CT molecular complexity index is 1040. The molecule has 1 aromatic carbocycles. The normalized spacial score (nSPS) is 14.1. The van der Waals surface area contributed by atoms with Crippen molar-refractivity contribution in [1.29, 1.82) is 5.26 Å². The van der Waals surface area contributed by atoms with Gasteiger partial charge in [-0.25, -0.2) is 9.78 Å². The second-order valence-electron chi connectivity index (χ2n) is 7.19. The molecule has 0 unspecified atom stereocenters.